The molecule has 1 aromatic carbocycles. The molecule has 1 fully saturated rings. The second-order valence-electron chi connectivity index (χ2n) is 6.02. The lowest BCUT2D eigenvalue weighted by atomic mass is 10.2. The summed E-state index contributed by atoms with van der Waals surface area (Å²) >= 11 is 2.22. The van der Waals surface area contributed by atoms with Gasteiger partial charge < -0.3 is 15.9 Å². The smallest absolute Gasteiger partial charge is 0.267 e. The van der Waals surface area contributed by atoms with Gasteiger partial charge in [-0.05, 0) is 79.7 Å². The molecule has 3 N–H and O–H groups in total. The molecule has 1 aromatic rings. The number of nitrogens with zero attached hydrogens (tertiary/aromatic N) is 2. The molecule has 1 unspecified atom stereocenters. The van der Waals surface area contributed by atoms with E-state index in [1.807, 2.05) is 24.3 Å². The number of anilines is 1. The number of benzene rings is 1. The van der Waals surface area contributed by atoms with Crippen LogP contribution in [0.25, 0.3) is 0 Å². The van der Waals surface area contributed by atoms with Crippen LogP contribution in [0.5, 0.6) is 0 Å². The molecule has 24 heavy (non-hydrogen) atoms. The predicted octanol–water partition coefficient (Wildman–Crippen LogP) is 2.78. The van der Waals surface area contributed by atoms with Crippen molar-refractivity contribution in [3.8, 4) is 0 Å². The Labute approximate surface area is 156 Å². The number of nitrogens with two attached hydrogens (primary N) is 1. The number of nitrogens with one attached hydrogen (secondary N) is 1. The number of halogens is 1. The van der Waals surface area contributed by atoms with Gasteiger partial charge in [0.25, 0.3) is 5.91 Å². The lowest BCUT2D eigenvalue weighted by Crippen LogP contribution is -2.35. The Hall–Kier alpha value is -1.35. The van der Waals surface area contributed by atoms with Crippen LogP contribution in [-0.4, -0.2) is 42.4 Å². The van der Waals surface area contributed by atoms with Crippen molar-refractivity contribution in [3.63, 3.8) is 0 Å². The molecule has 0 saturated carbocycles. The van der Waals surface area contributed by atoms with Crippen molar-refractivity contribution < 1.29 is 9.63 Å². The highest BCUT2D eigenvalue weighted by molar-refractivity contribution is 14.1. The van der Waals surface area contributed by atoms with Gasteiger partial charge in [0.1, 0.15) is 0 Å². The van der Waals surface area contributed by atoms with Gasteiger partial charge in [0.15, 0.2) is 5.84 Å². The van der Waals surface area contributed by atoms with Crippen LogP contribution in [0.3, 0.4) is 0 Å². The highest BCUT2D eigenvalue weighted by Crippen LogP contribution is 2.12. The summed E-state index contributed by atoms with van der Waals surface area (Å²) in [6, 6.07) is 7.56. The van der Waals surface area contributed by atoms with Crippen LogP contribution in [0.1, 0.15) is 32.6 Å². The maximum atomic E-state index is 12.1. The molecular weight excluding hydrogens is 419 g/mol. The number of hydrogen-bond acceptors (Lipinski definition) is 4. The molecule has 0 spiro atoms. The van der Waals surface area contributed by atoms with Crippen molar-refractivity contribution in [2.75, 3.05) is 25.0 Å². The summed E-state index contributed by atoms with van der Waals surface area (Å²) in [5, 5.41) is 6.71. The molecule has 6 nitrogen and oxygen atoms in total. The fourth-order valence-corrected chi connectivity index (χ4v) is 2.88. The molecule has 2 rings (SSSR count). The van der Waals surface area contributed by atoms with Gasteiger partial charge >= 0.3 is 0 Å². The molecule has 1 saturated heterocycles. The highest BCUT2D eigenvalue weighted by atomic mass is 127. The molecule has 1 amide bonds. The number of amides is 1. The number of carbonyl (C=O) groups excluding carboxylic acids is 1. The summed E-state index contributed by atoms with van der Waals surface area (Å²) in [5.74, 6) is 0.161. The summed E-state index contributed by atoms with van der Waals surface area (Å²) in [4.78, 5) is 19.6. The second kappa shape index (κ2) is 9.83. The van der Waals surface area contributed by atoms with E-state index in [0.717, 1.165) is 22.3 Å². The number of hydrogen-bond donors (Lipinski definition) is 2. The fourth-order valence-electron chi connectivity index (χ4n) is 2.52. The van der Waals surface area contributed by atoms with E-state index >= 15 is 0 Å². The zero-order chi connectivity index (χ0) is 17.4. The normalized spacial score (nSPS) is 17.8. The van der Waals surface area contributed by atoms with Gasteiger partial charge in [-0.1, -0.05) is 18.0 Å². The van der Waals surface area contributed by atoms with Gasteiger partial charge in [0, 0.05) is 9.26 Å². The predicted molar refractivity (Wildman–Crippen MR) is 105 cm³/mol. The Morgan fingerprint density at radius 3 is 2.54 bits per heavy atom. The van der Waals surface area contributed by atoms with Gasteiger partial charge in [-0.3, -0.25) is 9.69 Å². The minimum Gasteiger partial charge on any atom is -0.383 e. The SMILES string of the molecule is CC(ON=C(N)CN1CCCCCC1)C(=O)Nc1ccc(I)cc1. The summed E-state index contributed by atoms with van der Waals surface area (Å²) in [7, 11) is 0. The first-order chi connectivity index (χ1) is 11.5. The van der Waals surface area contributed by atoms with E-state index in [-0.39, 0.29) is 5.91 Å². The van der Waals surface area contributed by atoms with Crippen LogP contribution in [0.2, 0.25) is 0 Å². The lowest BCUT2D eigenvalue weighted by molar-refractivity contribution is -0.126. The number of rotatable bonds is 6. The Morgan fingerprint density at radius 1 is 1.29 bits per heavy atom. The molecule has 1 aliphatic heterocycles. The van der Waals surface area contributed by atoms with E-state index in [1.54, 1.807) is 6.92 Å². The van der Waals surface area contributed by atoms with Gasteiger partial charge in [-0.15, -0.1) is 0 Å². The number of oxime groups is 1. The van der Waals surface area contributed by atoms with E-state index in [1.165, 1.54) is 25.7 Å². The van der Waals surface area contributed by atoms with Crippen molar-refractivity contribution in [1.29, 1.82) is 0 Å². The fraction of sp³-hybridized carbons (Fsp3) is 0.529. The summed E-state index contributed by atoms with van der Waals surface area (Å²) in [6.45, 7) is 4.33. The molecule has 1 aliphatic rings. The molecule has 1 heterocycles. The maximum absolute atomic E-state index is 12.1. The van der Waals surface area contributed by atoms with Crippen LogP contribution in [0.15, 0.2) is 29.4 Å². The number of likely N-dealkylation sites (tertiary alicyclic amines) is 1. The van der Waals surface area contributed by atoms with E-state index in [2.05, 4.69) is 38.0 Å². The van der Waals surface area contributed by atoms with Crippen LogP contribution < -0.4 is 11.1 Å². The van der Waals surface area contributed by atoms with Gasteiger partial charge in [0.05, 0.1) is 6.54 Å². The molecular formula is C17H25IN4O2. The monoisotopic (exact) mass is 444 g/mol. The molecule has 7 heteroatoms. The number of carbonyl (C=O) groups is 1. The van der Waals surface area contributed by atoms with Crippen molar-refractivity contribution in [1.82, 2.24) is 4.90 Å². The topological polar surface area (TPSA) is 80.0 Å². The molecule has 0 bridgehead atoms. The minimum absolute atomic E-state index is 0.248. The third-order valence-corrected chi connectivity index (χ3v) is 4.61. The zero-order valence-electron chi connectivity index (χ0n) is 14.0. The highest BCUT2D eigenvalue weighted by Gasteiger charge is 2.15. The Bertz CT molecular complexity index is 554. The van der Waals surface area contributed by atoms with Gasteiger partial charge in [-0.25, -0.2) is 0 Å². The molecule has 0 aliphatic carbocycles. The first kappa shape index (κ1) is 19.0. The van der Waals surface area contributed by atoms with Crippen molar-refractivity contribution >= 4 is 40.0 Å². The lowest BCUT2D eigenvalue weighted by Gasteiger charge is -2.19. The van der Waals surface area contributed by atoms with Crippen molar-refractivity contribution in [2.24, 2.45) is 10.9 Å². The Balaban J connectivity index is 1.78. The summed E-state index contributed by atoms with van der Waals surface area (Å²) < 4.78 is 1.11. The summed E-state index contributed by atoms with van der Waals surface area (Å²) in [5.41, 5.74) is 6.66. The average Bonchev–Trinajstić information content (AvgIpc) is 2.83. The van der Waals surface area contributed by atoms with Gasteiger partial charge in [0.2, 0.25) is 6.10 Å². The van der Waals surface area contributed by atoms with Crippen molar-refractivity contribution in [2.45, 2.75) is 38.7 Å². The summed E-state index contributed by atoms with van der Waals surface area (Å²) in [6.07, 6.45) is 4.25. The quantitative estimate of drug-likeness (QED) is 0.306. The average molecular weight is 444 g/mol. The van der Waals surface area contributed by atoms with Gasteiger partial charge in [-0.2, -0.15) is 0 Å². The zero-order valence-corrected chi connectivity index (χ0v) is 16.2. The molecule has 132 valence electrons. The van der Waals surface area contributed by atoms with Crippen LogP contribution >= 0.6 is 22.6 Å². The van der Waals surface area contributed by atoms with E-state index in [9.17, 15) is 4.79 Å². The molecule has 1 atom stereocenters. The first-order valence-electron chi connectivity index (χ1n) is 8.31. The third kappa shape index (κ3) is 6.64. The van der Waals surface area contributed by atoms with E-state index < -0.39 is 6.10 Å². The molecule has 0 aromatic heterocycles. The number of amidine groups is 1. The van der Waals surface area contributed by atoms with Crippen LogP contribution in [-0.2, 0) is 9.63 Å². The molecule has 0 radical (unpaired) electrons. The van der Waals surface area contributed by atoms with E-state index in [0.29, 0.717) is 12.4 Å². The Kier molecular flexibility index (Phi) is 7.77. The minimum atomic E-state index is -0.702. The standard InChI is InChI=1S/C17H25IN4O2/c1-13(17(23)20-15-8-6-14(18)7-9-15)24-21-16(19)12-22-10-4-2-3-5-11-22/h6-9,13H,2-5,10-12H2,1H3,(H2,19,21)(H,20,23). The van der Waals surface area contributed by atoms with Crippen molar-refractivity contribution in [3.05, 3.63) is 27.8 Å². The maximum Gasteiger partial charge on any atom is 0.267 e. The first-order valence-corrected chi connectivity index (χ1v) is 9.39. The third-order valence-electron chi connectivity index (χ3n) is 3.89. The van der Waals surface area contributed by atoms with Crippen LogP contribution in [0.4, 0.5) is 5.69 Å². The largest absolute Gasteiger partial charge is 0.383 e. The Morgan fingerprint density at radius 2 is 1.92 bits per heavy atom. The van der Waals surface area contributed by atoms with E-state index in [4.69, 9.17) is 10.6 Å². The second-order valence-corrected chi connectivity index (χ2v) is 7.26. The van der Waals surface area contributed by atoms with Crippen LogP contribution in [0, 0.1) is 3.57 Å².